The Kier molecular flexibility index (Phi) is 19.5. The molecule has 0 bridgehead atoms. The summed E-state index contributed by atoms with van der Waals surface area (Å²) >= 11 is 0. The first-order valence-corrected chi connectivity index (χ1v) is 21.8. The van der Waals surface area contributed by atoms with Crippen LogP contribution in [0.1, 0.15) is 31.8 Å². The molecule has 0 amide bonds. The third-order valence-electron chi connectivity index (χ3n) is 8.81. The molecular weight excluding hydrogens is 969 g/mol. The predicted molar refractivity (Wildman–Crippen MR) is 207 cm³/mol. The summed E-state index contributed by atoms with van der Waals surface area (Å²) in [4.78, 5) is 21.9. The summed E-state index contributed by atoms with van der Waals surface area (Å²) < 4.78 is 153. The average molecular weight is 993 g/mol. The summed E-state index contributed by atoms with van der Waals surface area (Å²) in [7, 11) is -19.0. The first-order valence-electron chi connectivity index (χ1n) is 16.1. The minimum absolute atomic E-state index is 0. The van der Waals surface area contributed by atoms with Crippen molar-refractivity contribution in [2.24, 2.45) is 10.2 Å². The third kappa shape index (κ3) is 11.8. The van der Waals surface area contributed by atoms with Gasteiger partial charge in [0.05, 0.1) is 67.7 Å². The molecule has 64 heavy (non-hydrogen) atoms. The van der Waals surface area contributed by atoms with Crippen LogP contribution in [0.4, 0.5) is 22.7 Å². The summed E-state index contributed by atoms with van der Waals surface area (Å²) in [5.74, 6) is -1.89. The SMILES string of the molecule is COc1cc(-c2ccc(NN=C3C=Cc4c(S(=O)(=O)[O-])cc(S(=O)(=O)[O-])c(N)c4C3=O)c(OC)c2)ccc1NN=C1C=Cc2c(S(=O)(=O)[O-])cc(S(=O)(=O)[O-])c(N)c2C1=O.[Na+].[Na+].[Na+].[Na+]. The van der Waals surface area contributed by atoms with E-state index in [1.165, 1.54) is 26.4 Å². The van der Waals surface area contributed by atoms with Gasteiger partial charge < -0.3 is 39.2 Å². The molecule has 0 radical (unpaired) electrons. The monoisotopic (exact) mass is 992 g/mol. The standard InChI is InChI=1S/C34H28N6O16S4.4Na/c1-55-23-11-15(3-7-19(23)37-39-21-9-5-17-25(57(43,44)45)13-27(59(49,50)51)31(35)29(17)33(21)41)16-4-8-20(24(12-16)56-2)38-40-22-10-6-18-26(58(46,47)48)14-28(60(52,53)54)32(36)30(18)34(22)42;;;;/h3-14,37-38H,35-36H2,1-2H3,(H,43,44,45)(H,46,47,48)(H,49,50,51)(H,52,53,54);;;;/q;4*+1/p-4. The van der Waals surface area contributed by atoms with Crippen molar-refractivity contribution in [3.63, 3.8) is 0 Å². The molecule has 22 nitrogen and oxygen atoms in total. The van der Waals surface area contributed by atoms with E-state index >= 15 is 0 Å². The number of hydrogen-bond acceptors (Lipinski definition) is 22. The van der Waals surface area contributed by atoms with Gasteiger partial charge in [-0.05, 0) is 59.7 Å². The van der Waals surface area contributed by atoms with Crippen LogP contribution in [0.25, 0.3) is 23.3 Å². The molecule has 2 aliphatic carbocycles. The number of hydrogen-bond donors (Lipinski definition) is 4. The van der Waals surface area contributed by atoms with Crippen molar-refractivity contribution in [3.8, 4) is 22.6 Å². The number of Topliss-reactive ketones (excluding diaryl/α,β-unsaturated/α-hetero) is 2. The van der Waals surface area contributed by atoms with Crippen LogP contribution in [-0.4, -0.2) is 89.1 Å². The average Bonchev–Trinajstić information content (AvgIpc) is 3.15. The van der Waals surface area contributed by atoms with Crippen molar-refractivity contribution in [2.45, 2.75) is 19.6 Å². The molecule has 2 aliphatic rings. The molecule has 0 aliphatic heterocycles. The van der Waals surface area contributed by atoms with E-state index in [0.29, 0.717) is 23.3 Å². The maximum absolute atomic E-state index is 13.4. The Hall–Kier alpha value is -2.52. The maximum atomic E-state index is 13.4. The van der Waals surface area contributed by atoms with Crippen molar-refractivity contribution in [1.82, 2.24) is 0 Å². The topological polar surface area (TPSA) is 382 Å². The molecule has 0 spiro atoms. The zero-order valence-corrected chi connectivity index (χ0v) is 45.4. The number of allylic oxidation sites excluding steroid dienone is 2. The molecule has 0 saturated heterocycles. The summed E-state index contributed by atoms with van der Waals surface area (Å²) in [6, 6.07) is 9.85. The first kappa shape index (κ1) is 57.6. The van der Waals surface area contributed by atoms with Crippen LogP contribution < -0.4 is 150 Å². The fourth-order valence-electron chi connectivity index (χ4n) is 6.05. The van der Waals surface area contributed by atoms with Gasteiger partial charge in [0.1, 0.15) is 63.4 Å². The number of carbonyl (C=O) groups excluding carboxylic acids is 2. The largest absolute Gasteiger partial charge is 1.00 e. The van der Waals surface area contributed by atoms with Crippen molar-refractivity contribution in [1.29, 1.82) is 0 Å². The number of carbonyl (C=O) groups is 2. The van der Waals surface area contributed by atoms with E-state index in [0.717, 1.165) is 24.3 Å². The minimum atomic E-state index is -5.43. The fourth-order valence-corrected chi connectivity index (χ4v) is 8.87. The maximum Gasteiger partial charge on any atom is 1.00 e. The van der Waals surface area contributed by atoms with Crippen LogP contribution in [0.3, 0.4) is 0 Å². The molecule has 314 valence electrons. The van der Waals surface area contributed by atoms with Crippen LogP contribution >= 0.6 is 0 Å². The normalized spacial score (nSPS) is 14.5. The van der Waals surface area contributed by atoms with Crippen LogP contribution in [-0.2, 0) is 40.5 Å². The summed E-state index contributed by atoms with van der Waals surface area (Å²) in [5, 5.41) is 8.00. The number of rotatable bonds is 11. The number of nitrogens with one attached hydrogen (secondary N) is 2. The van der Waals surface area contributed by atoms with E-state index < -0.39 is 117 Å². The number of nitrogens with two attached hydrogens (primary N) is 2. The molecule has 4 aromatic rings. The molecule has 0 saturated carbocycles. The van der Waals surface area contributed by atoms with Crippen LogP contribution in [0, 0.1) is 0 Å². The predicted octanol–water partition coefficient (Wildman–Crippen LogP) is -10.5. The van der Waals surface area contributed by atoms with Gasteiger partial charge in [-0.3, -0.25) is 20.4 Å². The van der Waals surface area contributed by atoms with Crippen LogP contribution in [0.2, 0.25) is 0 Å². The Bertz CT molecular complexity index is 2990. The van der Waals surface area contributed by atoms with E-state index in [1.807, 2.05) is 0 Å². The second kappa shape index (κ2) is 21.6. The Labute approximate surface area is 453 Å². The van der Waals surface area contributed by atoms with E-state index in [9.17, 15) is 61.5 Å². The van der Waals surface area contributed by atoms with Gasteiger partial charge in [0, 0.05) is 11.1 Å². The quantitative estimate of drug-likeness (QED) is 0.0469. The van der Waals surface area contributed by atoms with Gasteiger partial charge in [-0.1, -0.05) is 24.3 Å². The second-order valence-corrected chi connectivity index (χ2v) is 17.7. The van der Waals surface area contributed by atoms with Crippen molar-refractivity contribution < 1.29 is 189 Å². The Morgan fingerprint density at radius 3 is 1.09 bits per heavy atom. The van der Waals surface area contributed by atoms with Crippen molar-refractivity contribution in [2.75, 3.05) is 36.5 Å². The van der Waals surface area contributed by atoms with Gasteiger partial charge >= 0.3 is 118 Å². The molecule has 6 rings (SSSR count). The van der Waals surface area contributed by atoms with E-state index in [1.54, 1.807) is 24.3 Å². The molecule has 6 N–H and O–H groups in total. The van der Waals surface area contributed by atoms with E-state index in [-0.39, 0.29) is 141 Å². The minimum Gasteiger partial charge on any atom is -0.744 e. The number of benzene rings is 4. The zero-order chi connectivity index (χ0) is 44.3. The van der Waals surface area contributed by atoms with Gasteiger partial charge in [0.25, 0.3) is 0 Å². The molecule has 30 heteroatoms. The molecule has 0 aromatic heterocycles. The van der Waals surface area contributed by atoms with Gasteiger partial charge in [0.15, 0.2) is 0 Å². The van der Waals surface area contributed by atoms with Gasteiger partial charge in [-0.25, -0.2) is 33.7 Å². The molecule has 4 aromatic carbocycles. The molecule has 0 fully saturated rings. The number of ether oxygens (including phenoxy) is 2. The zero-order valence-electron chi connectivity index (χ0n) is 34.1. The Balaban J connectivity index is 0.00000352. The number of ketones is 2. The number of hydrazone groups is 2. The van der Waals surface area contributed by atoms with Gasteiger partial charge in [-0.15, -0.1) is 0 Å². The summed E-state index contributed by atoms with van der Waals surface area (Å²) in [5.41, 5.74) is 13.1. The smallest absolute Gasteiger partial charge is 0.744 e. The Morgan fingerprint density at radius 1 is 0.500 bits per heavy atom. The number of methoxy groups -OCH3 is 2. The molecule has 0 atom stereocenters. The summed E-state index contributed by atoms with van der Waals surface area (Å²) in [6.07, 6.45) is 4.07. The molecule has 0 heterocycles. The van der Waals surface area contributed by atoms with Crippen molar-refractivity contribution >= 4 is 98.4 Å². The number of nitrogen functional groups attached to an aromatic ring is 2. The number of fused-ring (bicyclic) bond motifs is 2. The van der Waals surface area contributed by atoms with E-state index in [4.69, 9.17) is 20.9 Å². The third-order valence-corrected chi connectivity index (χ3v) is 12.3. The van der Waals surface area contributed by atoms with Crippen LogP contribution in [0.15, 0.2) is 90.5 Å². The molecule has 0 unspecified atom stereocenters. The fraction of sp³-hybridized carbons (Fsp3) is 0.0588. The van der Waals surface area contributed by atoms with E-state index in [2.05, 4.69) is 21.1 Å². The second-order valence-electron chi connectivity index (χ2n) is 12.3. The summed E-state index contributed by atoms with van der Waals surface area (Å²) in [6.45, 7) is 0. The van der Waals surface area contributed by atoms with Crippen molar-refractivity contribution in [3.05, 3.63) is 82.9 Å². The first-order chi connectivity index (χ1) is 27.9. The molecular formula is C34H24N6Na4O16S4. The number of anilines is 4. The van der Waals surface area contributed by atoms with Gasteiger partial charge in [0.2, 0.25) is 11.6 Å². The Morgan fingerprint density at radius 2 is 0.812 bits per heavy atom. The van der Waals surface area contributed by atoms with Crippen LogP contribution in [0.5, 0.6) is 11.5 Å². The van der Waals surface area contributed by atoms with Gasteiger partial charge in [-0.2, -0.15) is 10.2 Å². The number of nitrogens with zero attached hydrogens (tertiary/aromatic N) is 2.